The van der Waals surface area contributed by atoms with Gasteiger partial charge in [0.1, 0.15) is 22.9 Å². The van der Waals surface area contributed by atoms with Crippen molar-refractivity contribution in [3.63, 3.8) is 0 Å². The number of aromatic nitrogens is 3. The normalized spacial score (nSPS) is 19.1. The number of aryl methyl sites for hydroxylation is 2. The van der Waals surface area contributed by atoms with Gasteiger partial charge in [-0.15, -0.1) is 21.5 Å². The second-order valence-electron chi connectivity index (χ2n) is 15.1. The van der Waals surface area contributed by atoms with Crippen molar-refractivity contribution in [3.8, 4) is 5.00 Å². The van der Waals surface area contributed by atoms with Crippen LogP contribution < -0.4 is 16.1 Å². The van der Waals surface area contributed by atoms with Gasteiger partial charge in [0.2, 0.25) is 29.5 Å². The predicted molar refractivity (Wildman–Crippen MR) is 219 cm³/mol. The number of benzene rings is 2. The summed E-state index contributed by atoms with van der Waals surface area (Å²) in [5, 5.41) is 17.4. The number of piperazine rings is 1. The van der Waals surface area contributed by atoms with Crippen LogP contribution >= 0.6 is 22.9 Å². The summed E-state index contributed by atoms with van der Waals surface area (Å²) in [6, 6.07) is 11.2. The Morgan fingerprint density at radius 1 is 0.949 bits per heavy atom. The van der Waals surface area contributed by atoms with Gasteiger partial charge in [0.25, 0.3) is 5.91 Å². The molecule has 16 nitrogen and oxygen atoms in total. The van der Waals surface area contributed by atoms with Crippen molar-refractivity contribution >= 4 is 69.8 Å². The van der Waals surface area contributed by atoms with Gasteiger partial charge in [0.15, 0.2) is 5.82 Å². The van der Waals surface area contributed by atoms with Crippen molar-refractivity contribution in [1.82, 2.24) is 40.3 Å². The molecule has 2 fully saturated rings. The van der Waals surface area contributed by atoms with Crippen LogP contribution in [0.2, 0.25) is 5.02 Å². The van der Waals surface area contributed by atoms with Crippen LogP contribution in [0.5, 0.6) is 0 Å². The highest BCUT2D eigenvalue weighted by molar-refractivity contribution is 7.15. The minimum absolute atomic E-state index is 0.0753. The maximum absolute atomic E-state index is 13.9. The summed E-state index contributed by atoms with van der Waals surface area (Å²) in [5.74, 6) is -0.481. The van der Waals surface area contributed by atoms with E-state index in [9.17, 15) is 28.8 Å². The summed E-state index contributed by atoms with van der Waals surface area (Å²) < 4.78 is 2.02. The quantitative estimate of drug-likeness (QED) is 0.199. The van der Waals surface area contributed by atoms with Crippen molar-refractivity contribution in [1.29, 1.82) is 0 Å². The smallest absolute Gasteiger partial charge is 0.255 e. The largest absolute Gasteiger partial charge is 0.340 e. The number of carbonyl (C=O) groups is 6. The van der Waals surface area contributed by atoms with Crippen LogP contribution in [-0.2, 0) is 30.5 Å². The summed E-state index contributed by atoms with van der Waals surface area (Å²) >= 11 is 7.90. The highest BCUT2D eigenvalue weighted by Gasteiger charge is 2.40. The third-order valence-electron chi connectivity index (χ3n) is 11.3. The average Bonchev–Trinajstić information content (AvgIpc) is 3.82. The first-order valence-corrected chi connectivity index (χ1v) is 20.8. The molecule has 2 aromatic carbocycles. The lowest BCUT2D eigenvalue weighted by molar-refractivity contribution is -0.137. The summed E-state index contributed by atoms with van der Waals surface area (Å²) in [6.45, 7) is 7.88. The molecule has 3 N–H and O–H groups in total. The summed E-state index contributed by atoms with van der Waals surface area (Å²) in [7, 11) is 0. The molecule has 18 heteroatoms. The molecule has 306 valence electrons. The van der Waals surface area contributed by atoms with E-state index >= 15 is 0 Å². The zero-order valence-electron chi connectivity index (χ0n) is 32.8. The van der Waals surface area contributed by atoms with Crippen LogP contribution in [0.1, 0.15) is 93.7 Å². The molecular formula is C41H43ClN10O6S. The molecular weight excluding hydrogens is 796 g/mol. The standard InChI is InChI=1S/C41H43ClN10O6S/c1-22-23(2)59-41-36(22)37(25-10-12-26(42)13-11-25)44-30(38-47-46-24(3)52(38)41)20-35(56)49-16-18-50(19-17-49)48-34(55)9-5-8-32(53)43-29-7-4-6-27-28(29)21-51(40(27)58)31-14-15-33(54)45-39(31)57/h4,6-7,10-13,30-31H,5,8-9,14-21H2,1-3H3,(H,43,53)(H,48,55)(H,45,54,57)/t30-,31?/m0/s1. The first-order chi connectivity index (χ1) is 28.4. The molecule has 0 spiro atoms. The SMILES string of the molecule is Cc1sc2c(c1C)C(c1ccc(Cl)cc1)=N[C@@H](CC(=O)N1CCN(NC(=O)CCCC(=O)Nc3cccc4c3CN(C3CCC(=O)NC3=O)C4=O)CC1)c1nnc(C)n1-2. The molecule has 59 heavy (non-hydrogen) atoms. The van der Waals surface area contributed by atoms with E-state index in [0.29, 0.717) is 60.3 Å². The van der Waals surface area contributed by atoms with Crippen molar-refractivity contribution in [2.24, 2.45) is 4.99 Å². The van der Waals surface area contributed by atoms with Crippen molar-refractivity contribution in [2.45, 2.75) is 77.9 Å². The molecule has 0 saturated carbocycles. The van der Waals surface area contributed by atoms with Gasteiger partial charge in [0, 0.05) is 89.8 Å². The third kappa shape index (κ3) is 8.01. The van der Waals surface area contributed by atoms with Crippen LogP contribution in [-0.4, -0.2) is 103 Å². The van der Waals surface area contributed by atoms with E-state index in [4.69, 9.17) is 16.6 Å². The van der Waals surface area contributed by atoms with Gasteiger partial charge in [-0.1, -0.05) is 29.8 Å². The fourth-order valence-corrected chi connectivity index (χ4v) is 9.39. The third-order valence-corrected chi connectivity index (χ3v) is 12.7. The van der Waals surface area contributed by atoms with E-state index in [1.54, 1.807) is 39.4 Å². The van der Waals surface area contributed by atoms with Gasteiger partial charge in [-0.05, 0) is 63.4 Å². The van der Waals surface area contributed by atoms with Gasteiger partial charge >= 0.3 is 0 Å². The van der Waals surface area contributed by atoms with Gasteiger partial charge in [-0.3, -0.25) is 49.1 Å². The fourth-order valence-electron chi connectivity index (χ4n) is 8.05. The molecule has 6 heterocycles. The highest BCUT2D eigenvalue weighted by atomic mass is 35.5. The summed E-state index contributed by atoms with van der Waals surface area (Å²) in [6.07, 6.45) is 0.970. The second kappa shape index (κ2) is 16.5. The second-order valence-corrected chi connectivity index (χ2v) is 16.8. The lowest BCUT2D eigenvalue weighted by Crippen LogP contribution is -2.54. The lowest BCUT2D eigenvalue weighted by Gasteiger charge is -2.35. The average molecular weight is 839 g/mol. The number of halogens is 1. The van der Waals surface area contributed by atoms with E-state index in [1.807, 2.05) is 35.8 Å². The topological polar surface area (TPSA) is 191 Å². The van der Waals surface area contributed by atoms with Crippen LogP contribution in [0.4, 0.5) is 5.69 Å². The zero-order chi connectivity index (χ0) is 41.5. The molecule has 0 bridgehead atoms. The van der Waals surface area contributed by atoms with Crippen molar-refractivity contribution in [3.05, 3.63) is 91.8 Å². The number of amides is 6. The Balaban J connectivity index is 0.831. The monoisotopic (exact) mass is 838 g/mol. The van der Waals surface area contributed by atoms with Gasteiger partial charge in [0.05, 0.1) is 12.1 Å². The number of nitrogens with one attached hydrogen (secondary N) is 3. The van der Waals surface area contributed by atoms with Gasteiger partial charge in [-0.2, -0.15) is 0 Å². The van der Waals surface area contributed by atoms with Crippen LogP contribution in [0, 0.1) is 20.8 Å². The molecule has 6 amide bonds. The molecule has 2 atom stereocenters. The number of carbonyl (C=O) groups excluding carboxylic acids is 6. The van der Waals surface area contributed by atoms with Crippen LogP contribution in [0.3, 0.4) is 0 Å². The number of anilines is 1. The van der Waals surface area contributed by atoms with E-state index < -0.39 is 18.0 Å². The molecule has 2 saturated heterocycles. The molecule has 4 aliphatic rings. The van der Waals surface area contributed by atoms with Gasteiger partial charge in [-0.25, -0.2) is 5.01 Å². The molecule has 1 unspecified atom stereocenters. The molecule has 2 aromatic heterocycles. The van der Waals surface area contributed by atoms with E-state index in [2.05, 4.69) is 40.1 Å². The summed E-state index contributed by atoms with van der Waals surface area (Å²) in [4.78, 5) is 86.5. The number of fused-ring (bicyclic) bond motifs is 4. The molecule has 0 radical (unpaired) electrons. The van der Waals surface area contributed by atoms with E-state index in [-0.39, 0.29) is 68.2 Å². The number of imide groups is 1. The minimum atomic E-state index is -0.758. The Labute approximate surface area is 349 Å². The van der Waals surface area contributed by atoms with Crippen LogP contribution in [0.25, 0.3) is 5.00 Å². The first kappa shape index (κ1) is 40.0. The number of hydrogen-bond acceptors (Lipinski definition) is 11. The Kier molecular flexibility index (Phi) is 11.2. The number of rotatable bonds is 10. The number of hydrazine groups is 1. The maximum atomic E-state index is 13.9. The number of hydrogen-bond donors (Lipinski definition) is 3. The Morgan fingerprint density at radius 3 is 2.44 bits per heavy atom. The number of aliphatic imine (C=N–C) groups is 1. The Morgan fingerprint density at radius 2 is 1.69 bits per heavy atom. The van der Waals surface area contributed by atoms with Crippen LogP contribution in [0.15, 0.2) is 47.5 Å². The highest BCUT2D eigenvalue weighted by Crippen LogP contribution is 2.40. The Hall–Kier alpha value is -5.78. The maximum Gasteiger partial charge on any atom is 0.255 e. The van der Waals surface area contributed by atoms with E-state index in [0.717, 1.165) is 38.1 Å². The molecule has 8 rings (SSSR count). The molecule has 4 aliphatic heterocycles. The molecule has 0 aliphatic carbocycles. The lowest BCUT2D eigenvalue weighted by atomic mass is 9.99. The van der Waals surface area contributed by atoms with Gasteiger partial charge < -0.3 is 15.1 Å². The zero-order valence-corrected chi connectivity index (χ0v) is 34.4. The fraction of sp³-hybridized carbons (Fsp3) is 0.390. The van der Waals surface area contributed by atoms with Crippen molar-refractivity contribution in [2.75, 3.05) is 31.5 Å². The number of thiophene rings is 1. The minimum Gasteiger partial charge on any atom is -0.340 e. The Bertz CT molecular complexity index is 2420. The summed E-state index contributed by atoms with van der Waals surface area (Å²) in [5.41, 5.74) is 8.17. The first-order valence-electron chi connectivity index (χ1n) is 19.6. The number of piperidine rings is 1. The van der Waals surface area contributed by atoms with E-state index in [1.165, 1.54) is 4.90 Å². The number of nitrogens with zero attached hydrogens (tertiary/aromatic N) is 7. The van der Waals surface area contributed by atoms with Crippen molar-refractivity contribution < 1.29 is 28.8 Å². The molecule has 4 aromatic rings. The predicted octanol–water partition coefficient (Wildman–Crippen LogP) is 3.94.